The average molecular weight is 283 g/mol. The van der Waals surface area contributed by atoms with Crippen molar-refractivity contribution < 1.29 is 8.81 Å². The van der Waals surface area contributed by atoms with Gasteiger partial charge in [-0.2, -0.15) is 0 Å². The first kappa shape index (κ1) is 13.8. The standard InChI is InChI=1S/C18H18FNO/c1-3-20-12(2)13-5-4-6-14(9-13)18-11-15-10-16(19)7-8-17(15)21-18/h4-12,20H,3H2,1-2H3. The van der Waals surface area contributed by atoms with E-state index < -0.39 is 0 Å². The van der Waals surface area contributed by atoms with Crippen molar-refractivity contribution in [1.82, 2.24) is 5.32 Å². The second kappa shape index (κ2) is 5.70. The minimum atomic E-state index is -0.246. The number of fused-ring (bicyclic) bond motifs is 1. The Morgan fingerprint density at radius 1 is 1.14 bits per heavy atom. The van der Waals surface area contributed by atoms with E-state index in [1.165, 1.54) is 17.7 Å². The van der Waals surface area contributed by atoms with Crippen LogP contribution in [0.4, 0.5) is 4.39 Å². The van der Waals surface area contributed by atoms with Gasteiger partial charge in [-0.25, -0.2) is 4.39 Å². The molecule has 0 aliphatic heterocycles. The van der Waals surface area contributed by atoms with Crippen molar-refractivity contribution in [2.75, 3.05) is 6.54 Å². The summed E-state index contributed by atoms with van der Waals surface area (Å²) in [5, 5.41) is 4.18. The van der Waals surface area contributed by atoms with Crippen LogP contribution >= 0.6 is 0 Å². The van der Waals surface area contributed by atoms with Crippen LogP contribution in [0.5, 0.6) is 0 Å². The molecule has 1 aromatic heterocycles. The molecule has 0 saturated carbocycles. The average Bonchev–Trinajstić information content (AvgIpc) is 2.90. The normalized spacial score (nSPS) is 12.7. The molecule has 0 spiro atoms. The number of benzene rings is 2. The van der Waals surface area contributed by atoms with Gasteiger partial charge >= 0.3 is 0 Å². The molecule has 3 rings (SSSR count). The van der Waals surface area contributed by atoms with Crippen molar-refractivity contribution in [3.8, 4) is 11.3 Å². The molecule has 21 heavy (non-hydrogen) atoms. The molecule has 0 saturated heterocycles. The quantitative estimate of drug-likeness (QED) is 0.736. The molecule has 1 N–H and O–H groups in total. The first-order valence-corrected chi connectivity index (χ1v) is 7.20. The Morgan fingerprint density at radius 3 is 2.81 bits per heavy atom. The first-order valence-electron chi connectivity index (χ1n) is 7.20. The first-order chi connectivity index (χ1) is 10.2. The van der Waals surface area contributed by atoms with Crippen LogP contribution in [-0.4, -0.2) is 6.54 Å². The summed E-state index contributed by atoms with van der Waals surface area (Å²) in [6, 6.07) is 15.0. The van der Waals surface area contributed by atoms with Gasteiger partial charge in [0.15, 0.2) is 0 Å². The predicted molar refractivity (Wildman–Crippen MR) is 83.7 cm³/mol. The molecular weight excluding hydrogens is 265 g/mol. The van der Waals surface area contributed by atoms with Gasteiger partial charge in [0.25, 0.3) is 0 Å². The van der Waals surface area contributed by atoms with Gasteiger partial charge in [0.05, 0.1) is 0 Å². The van der Waals surface area contributed by atoms with E-state index in [9.17, 15) is 4.39 Å². The molecule has 3 aromatic rings. The van der Waals surface area contributed by atoms with E-state index in [0.717, 1.165) is 23.3 Å². The van der Waals surface area contributed by atoms with E-state index in [2.05, 4.69) is 31.3 Å². The van der Waals surface area contributed by atoms with E-state index in [0.29, 0.717) is 5.58 Å². The second-order valence-electron chi connectivity index (χ2n) is 5.20. The summed E-state index contributed by atoms with van der Waals surface area (Å²) >= 11 is 0. The topological polar surface area (TPSA) is 25.2 Å². The van der Waals surface area contributed by atoms with E-state index >= 15 is 0 Å². The molecule has 2 nitrogen and oxygen atoms in total. The molecule has 0 aliphatic rings. The summed E-state index contributed by atoms with van der Waals surface area (Å²) in [6.07, 6.45) is 0. The van der Waals surface area contributed by atoms with Gasteiger partial charge in [-0.15, -0.1) is 0 Å². The van der Waals surface area contributed by atoms with Gasteiger partial charge in [-0.3, -0.25) is 0 Å². The third-order valence-electron chi connectivity index (χ3n) is 3.66. The maximum atomic E-state index is 13.3. The minimum absolute atomic E-state index is 0.246. The summed E-state index contributed by atoms with van der Waals surface area (Å²) in [5.74, 6) is 0.519. The van der Waals surface area contributed by atoms with Gasteiger partial charge in [-0.1, -0.05) is 25.1 Å². The minimum Gasteiger partial charge on any atom is -0.456 e. The molecule has 2 aromatic carbocycles. The van der Waals surface area contributed by atoms with E-state index in [1.807, 2.05) is 18.2 Å². The number of hydrogen-bond donors (Lipinski definition) is 1. The lowest BCUT2D eigenvalue weighted by atomic mass is 10.0. The van der Waals surface area contributed by atoms with Crippen LogP contribution in [0.15, 0.2) is 52.9 Å². The fourth-order valence-corrected chi connectivity index (χ4v) is 2.54. The molecule has 108 valence electrons. The zero-order chi connectivity index (χ0) is 14.8. The van der Waals surface area contributed by atoms with Crippen LogP contribution in [-0.2, 0) is 0 Å². The third-order valence-corrected chi connectivity index (χ3v) is 3.66. The van der Waals surface area contributed by atoms with Crippen LogP contribution in [0.2, 0.25) is 0 Å². The molecule has 1 atom stereocenters. The highest BCUT2D eigenvalue weighted by molar-refractivity contribution is 5.82. The summed E-state index contributed by atoms with van der Waals surface area (Å²) in [4.78, 5) is 0. The zero-order valence-electron chi connectivity index (χ0n) is 12.2. The summed E-state index contributed by atoms with van der Waals surface area (Å²) in [6.45, 7) is 5.15. The number of hydrogen-bond acceptors (Lipinski definition) is 2. The Labute approximate surface area is 123 Å². The molecule has 1 heterocycles. The lowest BCUT2D eigenvalue weighted by molar-refractivity contribution is 0.597. The number of nitrogens with one attached hydrogen (secondary N) is 1. The highest BCUT2D eigenvalue weighted by atomic mass is 19.1. The molecule has 0 amide bonds. The van der Waals surface area contributed by atoms with Crippen LogP contribution in [0.1, 0.15) is 25.5 Å². The fourth-order valence-electron chi connectivity index (χ4n) is 2.54. The van der Waals surface area contributed by atoms with E-state index in [-0.39, 0.29) is 11.9 Å². The van der Waals surface area contributed by atoms with Crippen LogP contribution < -0.4 is 5.32 Å². The van der Waals surface area contributed by atoms with Gasteiger partial charge in [-0.05, 0) is 49.4 Å². The monoisotopic (exact) mass is 283 g/mol. The van der Waals surface area contributed by atoms with Gasteiger partial charge in [0.2, 0.25) is 0 Å². The summed E-state index contributed by atoms with van der Waals surface area (Å²) in [5.41, 5.74) is 2.92. The maximum Gasteiger partial charge on any atom is 0.135 e. The van der Waals surface area contributed by atoms with Crippen molar-refractivity contribution in [1.29, 1.82) is 0 Å². The van der Waals surface area contributed by atoms with Gasteiger partial charge < -0.3 is 9.73 Å². The number of rotatable bonds is 4. The second-order valence-corrected chi connectivity index (χ2v) is 5.20. The lowest BCUT2D eigenvalue weighted by Crippen LogP contribution is -2.17. The van der Waals surface area contributed by atoms with Crippen molar-refractivity contribution in [3.05, 3.63) is 59.9 Å². The Hall–Kier alpha value is -2.13. The van der Waals surface area contributed by atoms with Crippen molar-refractivity contribution in [2.45, 2.75) is 19.9 Å². The Balaban J connectivity index is 2.00. The zero-order valence-corrected chi connectivity index (χ0v) is 12.2. The predicted octanol–water partition coefficient (Wildman–Crippen LogP) is 4.91. The van der Waals surface area contributed by atoms with Crippen molar-refractivity contribution >= 4 is 11.0 Å². The number of furan rings is 1. The van der Waals surface area contributed by atoms with Crippen LogP contribution in [0, 0.1) is 5.82 Å². The smallest absolute Gasteiger partial charge is 0.135 e. The maximum absolute atomic E-state index is 13.3. The fraction of sp³-hybridized carbons (Fsp3) is 0.222. The Morgan fingerprint density at radius 2 is 2.00 bits per heavy atom. The van der Waals surface area contributed by atoms with E-state index in [4.69, 9.17) is 4.42 Å². The Kier molecular flexibility index (Phi) is 3.76. The lowest BCUT2D eigenvalue weighted by Gasteiger charge is -2.13. The SMILES string of the molecule is CCNC(C)c1cccc(-c2cc3cc(F)ccc3o2)c1. The molecular formula is C18H18FNO. The molecule has 1 unspecified atom stereocenters. The molecule has 0 aliphatic carbocycles. The van der Waals surface area contributed by atoms with Crippen LogP contribution in [0.25, 0.3) is 22.3 Å². The summed E-state index contributed by atoms with van der Waals surface area (Å²) < 4.78 is 19.1. The van der Waals surface area contributed by atoms with Crippen molar-refractivity contribution in [3.63, 3.8) is 0 Å². The highest BCUT2D eigenvalue weighted by Crippen LogP contribution is 2.29. The van der Waals surface area contributed by atoms with Crippen molar-refractivity contribution in [2.24, 2.45) is 0 Å². The Bertz CT molecular complexity index is 763. The highest BCUT2D eigenvalue weighted by Gasteiger charge is 2.09. The third kappa shape index (κ3) is 2.83. The molecule has 3 heteroatoms. The molecule has 0 fully saturated rings. The van der Waals surface area contributed by atoms with Gasteiger partial charge in [0, 0.05) is 17.0 Å². The number of halogens is 1. The van der Waals surface area contributed by atoms with E-state index in [1.54, 1.807) is 6.07 Å². The van der Waals surface area contributed by atoms with Crippen LogP contribution in [0.3, 0.4) is 0 Å². The van der Waals surface area contributed by atoms with Gasteiger partial charge in [0.1, 0.15) is 17.2 Å². The largest absolute Gasteiger partial charge is 0.456 e. The summed E-state index contributed by atoms with van der Waals surface area (Å²) in [7, 11) is 0. The molecule has 0 bridgehead atoms. The molecule has 0 radical (unpaired) electrons.